The summed E-state index contributed by atoms with van der Waals surface area (Å²) in [7, 11) is 0. The van der Waals surface area contributed by atoms with Gasteiger partial charge in [-0.15, -0.1) is 0 Å². The number of benzene rings is 1. The lowest BCUT2D eigenvalue weighted by atomic mass is 9.90. The molecule has 2 rings (SSSR count). The van der Waals surface area contributed by atoms with Gasteiger partial charge in [0.15, 0.2) is 0 Å². The molecule has 3 heteroatoms. The van der Waals surface area contributed by atoms with Crippen LogP contribution >= 0.6 is 0 Å². The molecule has 1 heterocycles. The monoisotopic (exact) mass is 219 g/mol. The molecule has 0 amide bonds. The molecule has 0 saturated carbocycles. The molecule has 2 unspecified atom stereocenters. The molecule has 0 aromatic heterocycles. The first-order chi connectivity index (χ1) is 7.42. The number of nitrogens with zero attached hydrogens (tertiary/aromatic N) is 1. The Bertz CT molecular complexity index is 449. The number of aryl methyl sites for hydroxylation is 2. The fourth-order valence-corrected chi connectivity index (χ4v) is 1.94. The third-order valence-electron chi connectivity index (χ3n) is 3.20. The highest BCUT2D eigenvalue weighted by molar-refractivity contribution is 6.04. The molecule has 0 radical (unpaired) electrons. The van der Waals surface area contributed by atoms with Gasteiger partial charge in [-0.2, -0.15) is 0 Å². The zero-order chi connectivity index (χ0) is 11.9. The van der Waals surface area contributed by atoms with E-state index in [9.17, 15) is 5.11 Å². The number of hydrogen-bond acceptors (Lipinski definition) is 3. The number of hydrogen-bond donors (Lipinski definition) is 1. The second-order valence-electron chi connectivity index (χ2n) is 4.66. The fourth-order valence-electron chi connectivity index (χ4n) is 1.94. The van der Waals surface area contributed by atoms with E-state index in [0.717, 1.165) is 16.8 Å². The van der Waals surface area contributed by atoms with Crippen molar-refractivity contribution in [3.8, 4) is 0 Å². The Hall–Kier alpha value is -1.35. The van der Waals surface area contributed by atoms with Crippen LogP contribution in [0, 0.1) is 19.8 Å². The van der Waals surface area contributed by atoms with Gasteiger partial charge in [0.2, 0.25) is 5.79 Å². The van der Waals surface area contributed by atoms with Crippen LogP contribution in [-0.4, -0.2) is 16.6 Å². The molecule has 1 aromatic carbocycles. The highest BCUT2D eigenvalue weighted by atomic mass is 16.7. The second-order valence-corrected chi connectivity index (χ2v) is 4.66. The molecule has 0 saturated heterocycles. The van der Waals surface area contributed by atoms with E-state index < -0.39 is 5.79 Å². The van der Waals surface area contributed by atoms with E-state index in [1.54, 1.807) is 6.92 Å². The molecule has 0 spiro atoms. The van der Waals surface area contributed by atoms with Crippen molar-refractivity contribution in [1.82, 2.24) is 0 Å². The Balaban J connectivity index is 2.40. The summed E-state index contributed by atoms with van der Waals surface area (Å²) in [6.45, 7) is 7.66. The molecule has 1 N–H and O–H groups in total. The first-order valence-electron chi connectivity index (χ1n) is 5.48. The molecule has 1 aromatic rings. The molecule has 0 aliphatic carbocycles. The van der Waals surface area contributed by atoms with Crippen molar-refractivity contribution in [1.29, 1.82) is 0 Å². The van der Waals surface area contributed by atoms with Crippen molar-refractivity contribution in [2.24, 2.45) is 11.1 Å². The number of rotatable bonds is 1. The Labute approximate surface area is 95.7 Å². The minimum atomic E-state index is -1.19. The molecule has 16 heavy (non-hydrogen) atoms. The van der Waals surface area contributed by atoms with Crippen LogP contribution in [0.1, 0.15) is 30.5 Å². The average molecular weight is 219 g/mol. The molecule has 0 fully saturated rings. The fraction of sp³-hybridized carbons (Fsp3) is 0.462. The van der Waals surface area contributed by atoms with E-state index in [2.05, 4.69) is 18.1 Å². The average Bonchev–Trinajstić information content (AvgIpc) is 2.44. The molecule has 0 bridgehead atoms. The maximum Gasteiger partial charge on any atom is 0.239 e. The predicted molar refractivity (Wildman–Crippen MR) is 63.3 cm³/mol. The van der Waals surface area contributed by atoms with Crippen LogP contribution in [0.2, 0.25) is 0 Å². The van der Waals surface area contributed by atoms with Gasteiger partial charge in [-0.1, -0.05) is 35.8 Å². The van der Waals surface area contributed by atoms with Gasteiger partial charge in [0.25, 0.3) is 0 Å². The van der Waals surface area contributed by atoms with Gasteiger partial charge in [0.1, 0.15) is 0 Å². The van der Waals surface area contributed by atoms with Gasteiger partial charge < -0.3 is 9.94 Å². The maximum absolute atomic E-state index is 9.90. The van der Waals surface area contributed by atoms with Crippen molar-refractivity contribution < 1.29 is 9.94 Å². The molecule has 1 aliphatic rings. The summed E-state index contributed by atoms with van der Waals surface area (Å²) in [4.78, 5) is 5.05. The lowest BCUT2D eigenvalue weighted by Gasteiger charge is -2.20. The quantitative estimate of drug-likeness (QED) is 0.788. The normalized spacial score (nSPS) is 28.8. The van der Waals surface area contributed by atoms with Crippen LogP contribution in [0.15, 0.2) is 23.4 Å². The van der Waals surface area contributed by atoms with Crippen molar-refractivity contribution in [2.75, 3.05) is 0 Å². The summed E-state index contributed by atoms with van der Waals surface area (Å²) in [5.74, 6) is -1.30. The van der Waals surface area contributed by atoms with Crippen LogP contribution in [-0.2, 0) is 4.84 Å². The van der Waals surface area contributed by atoms with Crippen molar-refractivity contribution in [2.45, 2.75) is 33.5 Å². The summed E-state index contributed by atoms with van der Waals surface area (Å²) >= 11 is 0. The van der Waals surface area contributed by atoms with Gasteiger partial charge in [0, 0.05) is 12.5 Å². The van der Waals surface area contributed by atoms with E-state index in [-0.39, 0.29) is 5.92 Å². The molecular weight excluding hydrogens is 202 g/mol. The third kappa shape index (κ3) is 1.71. The minimum Gasteiger partial charge on any atom is -0.360 e. The standard InChI is InChI=1S/C13H17NO2/c1-8-5-6-11(9(2)7-8)12-10(3)13(4,15)16-14-12/h5-7,10,15H,1-4H3. The van der Waals surface area contributed by atoms with Crippen molar-refractivity contribution in [3.05, 3.63) is 34.9 Å². The van der Waals surface area contributed by atoms with E-state index in [1.807, 2.05) is 26.0 Å². The van der Waals surface area contributed by atoms with Crippen LogP contribution < -0.4 is 0 Å². The van der Waals surface area contributed by atoms with Crippen molar-refractivity contribution in [3.63, 3.8) is 0 Å². The van der Waals surface area contributed by atoms with Crippen LogP contribution in [0.5, 0.6) is 0 Å². The summed E-state index contributed by atoms with van der Waals surface area (Å²) in [5, 5.41) is 13.9. The molecule has 3 nitrogen and oxygen atoms in total. The van der Waals surface area contributed by atoms with Gasteiger partial charge in [-0.05, 0) is 19.4 Å². The summed E-state index contributed by atoms with van der Waals surface area (Å²) in [5.41, 5.74) is 4.26. The predicted octanol–water partition coefficient (Wildman–Crippen LogP) is 2.38. The minimum absolute atomic E-state index is 0.117. The van der Waals surface area contributed by atoms with Gasteiger partial charge in [0.05, 0.1) is 11.6 Å². The van der Waals surface area contributed by atoms with Crippen LogP contribution in [0.4, 0.5) is 0 Å². The third-order valence-corrected chi connectivity index (χ3v) is 3.20. The highest BCUT2D eigenvalue weighted by Gasteiger charge is 2.41. The number of aliphatic hydroxyl groups is 1. The molecule has 2 atom stereocenters. The topological polar surface area (TPSA) is 41.8 Å². The van der Waals surface area contributed by atoms with Gasteiger partial charge >= 0.3 is 0 Å². The second kappa shape index (κ2) is 3.59. The summed E-state index contributed by atoms with van der Waals surface area (Å²) in [6.07, 6.45) is 0. The van der Waals surface area contributed by atoms with Gasteiger partial charge in [-0.25, -0.2) is 0 Å². The zero-order valence-corrected chi connectivity index (χ0v) is 10.1. The molecule has 1 aliphatic heterocycles. The summed E-state index contributed by atoms with van der Waals surface area (Å²) < 4.78 is 0. The van der Waals surface area contributed by atoms with Gasteiger partial charge in [-0.3, -0.25) is 0 Å². The number of oxime groups is 1. The van der Waals surface area contributed by atoms with E-state index >= 15 is 0 Å². The van der Waals surface area contributed by atoms with E-state index in [1.165, 1.54) is 5.56 Å². The SMILES string of the molecule is Cc1ccc(C2=NOC(C)(O)C2C)c(C)c1. The summed E-state index contributed by atoms with van der Waals surface area (Å²) in [6, 6.07) is 6.19. The Morgan fingerprint density at radius 2 is 2.06 bits per heavy atom. The Kier molecular flexibility index (Phi) is 2.50. The van der Waals surface area contributed by atoms with E-state index in [0.29, 0.717) is 0 Å². The Morgan fingerprint density at radius 1 is 1.38 bits per heavy atom. The van der Waals surface area contributed by atoms with Crippen LogP contribution in [0.25, 0.3) is 0 Å². The van der Waals surface area contributed by atoms with E-state index in [4.69, 9.17) is 4.84 Å². The lowest BCUT2D eigenvalue weighted by molar-refractivity contribution is -0.190. The van der Waals surface area contributed by atoms with Crippen molar-refractivity contribution >= 4 is 5.71 Å². The zero-order valence-electron chi connectivity index (χ0n) is 10.1. The molecular formula is C13H17NO2. The maximum atomic E-state index is 9.90. The first-order valence-corrected chi connectivity index (χ1v) is 5.48. The van der Waals surface area contributed by atoms with Crippen LogP contribution in [0.3, 0.4) is 0 Å². The Morgan fingerprint density at radius 3 is 2.56 bits per heavy atom. The smallest absolute Gasteiger partial charge is 0.239 e. The lowest BCUT2D eigenvalue weighted by Crippen LogP contribution is -2.33. The molecule has 86 valence electrons. The highest BCUT2D eigenvalue weighted by Crippen LogP contribution is 2.31. The first kappa shape index (κ1) is 11.1. The largest absolute Gasteiger partial charge is 0.360 e.